The van der Waals surface area contributed by atoms with E-state index in [-0.39, 0.29) is 11.9 Å². The summed E-state index contributed by atoms with van der Waals surface area (Å²) in [6, 6.07) is 0.215. The standard InChI is InChI=1S/C11H15BrN4O2/c1-18-11-8(14-6-9(12)16-11)5-13-4-7-2-3-10(17)15-7/h6-7,13H,2-5H2,1H3,(H,15,17). The molecular formula is C11H15BrN4O2. The minimum absolute atomic E-state index is 0.128. The highest BCUT2D eigenvalue weighted by Gasteiger charge is 2.20. The number of nitrogens with zero attached hydrogens (tertiary/aromatic N) is 2. The van der Waals surface area contributed by atoms with Gasteiger partial charge in [0.2, 0.25) is 11.8 Å². The minimum Gasteiger partial charge on any atom is -0.480 e. The summed E-state index contributed by atoms with van der Waals surface area (Å²) in [4.78, 5) is 19.5. The fraction of sp³-hybridized carbons (Fsp3) is 0.545. The molecular weight excluding hydrogens is 300 g/mol. The Bertz CT molecular complexity index is 441. The van der Waals surface area contributed by atoms with Gasteiger partial charge in [-0.1, -0.05) is 0 Å². The van der Waals surface area contributed by atoms with Crippen molar-refractivity contribution in [3.63, 3.8) is 0 Å². The first-order chi connectivity index (χ1) is 8.69. The summed E-state index contributed by atoms with van der Waals surface area (Å²) in [6.45, 7) is 1.29. The lowest BCUT2D eigenvalue weighted by Crippen LogP contribution is -2.35. The molecule has 7 heteroatoms. The highest BCUT2D eigenvalue weighted by atomic mass is 79.9. The van der Waals surface area contributed by atoms with Crippen molar-refractivity contribution in [2.24, 2.45) is 0 Å². The summed E-state index contributed by atoms with van der Waals surface area (Å²) in [6.07, 6.45) is 3.14. The van der Waals surface area contributed by atoms with Crippen LogP contribution in [0.15, 0.2) is 10.8 Å². The monoisotopic (exact) mass is 314 g/mol. The van der Waals surface area contributed by atoms with Crippen molar-refractivity contribution in [2.75, 3.05) is 13.7 Å². The first kappa shape index (κ1) is 13.2. The molecule has 1 aliphatic heterocycles. The fourth-order valence-electron chi connectivity index (χ4n) is 1.86. The quantitative estimate of drug-likeness (QED) is 0.833. The van der Waals surface area contributed by atoms with Crippen molar-refractivity contribution in [1.29, 1.82) is 0 Å². The molecule has 2 heterocycles. The molecule has 1 aromatic rings. The molecule has 0 bridgehead atoms. The van der Waals surface area contributed by atoms with Gasteiger partial charge in [-0.05, 0) is 22.4 Å². The van der Waals surface area contributed by atoms with Gasteiger partial charge < -0.3 is 15.4 Å². The maximum absolute atomic E-state index is 11.0. The van der Waals surface area contributed by atoms with Gasteiger partial charge in [-0.15, -0.1) is 0 Å². The van der Waals surface area contributed by atoms with Crippen LogP contribution in [0.3, 0.4) is 0 Å². The molecule has 1 amide bonds. The number of hydrogen-bond donors (Lipinski definition) is 2. The number of ether oxygens (including phenoxy) is 1. The second-order valence-electron chi connectivity index (χ2n) is 4.08. The van der Waals surface area contributed by atoms with Crippen molar-refractivity contribution in [2.45, 2.75) is 25.4 Å². The van der Waals surface area contributed by atoms with E-state index in [1.54, 1.807) is 13.3 Å². The first-order valence-corrected chi connectivity index (χ1v) is 6.54. The van der Waals surface area contributed by atoms with Crippen LogP contribution in [0.4, 0.5) is 0 Å². The Hall–Kier alpha value is -1.21. The number of halogens is 1. The molecule has 0 spiro atoms. The summed E-state index contributed by atoms with van der Waals surface area (Å²) in [5.41, 5.74) is 0.755. The predicted octanol–water partition coefficient (Wildman–Crippen LogP) is 0.616. The zero-order valence-electron chi connectivity index (χ0n) is 10.1. The number of amides is 1. The Labute approximate surface area is 114 Å². The molecule has 0 radical (unpaired) electrons. The lowest BCUT2D eigenvalue weighted by Gasteiger charge is -2.12. The number of nitrogens with one attached hydrogen (secondary N) is 2. The number of methoxy groups -OCH3 is 1. The lowest BCUT2D eigenvalue weighted by atomic mass is 10.2. The number of carbonyl (C=O) groups excluding carboxylic acids is 1. The molecule has 0 aliphatic carbocycles. The summed E-state index contributed by atoms with van der Waals surface area (Å²) < 4.78 is 5.80. The maximum atomic E-state index is 11.0. The molecule has 98 valence electrons. The van der Waals surface area contributed by atoms with Gasteiger partial charge >= 0.3 is 0 Å². The molecule has 1 aromatic heterocycles. The van der Waals surface area contributed by atoms with Crippen molar-refractivity contribution in [1.82, 2.24) is 20.6 Å². The molecule has 6 nitrogen and oxygen atoms in total. The van der Waals surface area contributed by atoms with Crippen LogP contribution in [0, 0.1) is 0 Å². The summed E-state index contributed by atoms with van der Waals surface area (Å²) in [5, 5.41) is 6.15. The molecule has 0 aromatic carbocycles. The third kappa shape index (κ3) is 3.39. The highest BCUT2D eigenvalue weighted by molar-refractivity contribution is 9.10. The summed E-state index contributed by atoms with van der Waals surface area (Å²) in [7, 11) is 1.57. The molecule has 2 rings (SSSR count). The molecule has 18 heavy (non-hydrogen) atoms. The van der Waals surface area contributed by atoms with Crippen molar-refractivity contribution < 1.29 is 9.53 Å². The van der Waals surface area contributed by atoms with E-state index in [0.29, 0.717) is 23.4 Å². The van der Waals surface area contributed by atoms with Gasteiger partial charge in [0.25, 0.3) is 0 Å². The second kappa shape index (κ2) is 6.10. The van der Waals surface area contributed by atoms with Gasteiger partial charge in [0.15, 0.2) is 0 Å². The van der Waals surface area contributed by atoms with Crippen molar-refractivity contribution in [3.05, 3.63) is 16.5 Å². The number of aromatic nitrogens is 2. The largest absolute Gasteiger partial charge is 0.480 e. The number of carbonyl (C=O) groups is 1. The van der Waals surface area contributed by atoms with Gasteiger partial charge in [0, 0.05) is 25.6 Å². The smallest absolute Gasteiger partial charge is 0.237 e. The SMILES string of the molecule is COc1nc(Br)cnc1CNCC1CCC(=O)N1. The van der Waals surface area contributed by atoms with E-state index in [2.05, 4.69) is 36.5 Å². The molecule has 2 N–H and O–H groups in total. The normalized spacial score (nSPS) is 18.8. The zero-order valence-corrected chi connectivity index (χ0v) is 11.7. The van der Waals surface area contributed by atoms with Crippen LogP contribution in [0.2, 0.25) is 0 Å². The predicted molar refractivity (Wildman–Crippen MR) is 69.2 cm³/mol. The Morgan fingerprint density at radius 2 is 2.50 bits per heavy atom. The van der Waals surface area contributed by atoms with Gasteiger partial charge in [0.1, 0.15) is 10.3 Å². The van der Waals surface area contributed by atoms with Crippen LogP contribution in [0.1, 0.15) is 18.5 Å². The van der Waals surface area contributed by atoms with E-state index in [0.717, 1.165) is 18.7 Å². The van der Waals surface area contributed by atoms with Crippen LogP contribution < -0.4 is 15.4 Å². The Morgan fingerprint density at radius 3 is 3.17 bits per heavy atom. The third-order valence-electron chi connectivity index (χ3n) is 2.74. The second-order valence-corrected chi connectivity index (χ2v) is 4.90. The first-order valence-electron chi connectivity index (χ1n) is 5.74. The average molecular weight is 315 g/mol. The van der Waals surface area contributed by atoms with Gasteiger partial charge in [-0.3, -0.25) is 9.78 Å². The van der Waals surface area contributed by atoms with E-state index in [9.17, 15) is 4.79 Å². The molecule has 1 unspecified atom stereocenters. The Balaban J connectivity index is 1.84. The van der Waals surface area contributed by atoms with Crippen LogP contribution in [0.5, 0.6) is 5.88 Å². The topological polar surface area (TPSA) is 76.1 Å². The van der Waals surface area contributed by atoms with E-state index in [4.69, 9.17) is 4.74 Å². The Morgan fingerprint density at radius 1 is 1.67 bits per heavy atom. The van der Waals surface area contributed by atoms with Gasteiger partial charge in [-0.25, -0.2) is 4.98 Å². The summed E-state index contributed by atoms with van der Waals surface area (Å²) >= 11 is 3.24. The minimum atomic E-state index is 0.128. The maximum Gasteiger partial charge on any atom is 0.237 e. The van der Waals surface area contributed by atoms with Crippen LogP contribution in [-0.2, 0) is 11.3 Å². The molecule has 1 aliphatic rings. The number of rotatable bonds is 5. The Kier molecular flexibility index (Phi) is 4.48. The van der Waals surface area contributed by atoms with E-state index < -0.39 is 0 Å². The summed E-state index contributed by atoms with van der Waals surface area (Å²) in [5.74, 6) is 0.634. The number of hydrogen-bond acceptors (Lipinski definition) is 5. The van der Waals surface area contributed by atoms with E-state index in [1.807, 2.05) is 0 Å². The van der Waals surface area contributed by atoms with Gasteiger partial charge in [-0.2, -0.15) is 0 Å². The molecule has 1 saturated heterocycles. The highest BCUT2D eigenvalue weighted by Crippen LogP contribution is 2.15. The van der Waals surface area contributed by atoms with Crippen molar-refractivity contribution in [3.8, 4) is 5.88 Å². The van der Waals surface area contributed by atoms with Crippen LogP contribution in [-0.4, -0.2) is 35.6 Å². The lowest BCUT2D eigenvalue weighted by molar-refractivity contribution is -0.119. The van der Waals surface area contributed by atoms with Crippen LogP contribution >= 0.6 is 15.9 Å². The van der Waals surface area contributed by atoms with Crippen molar-refractivity contribution >= 4 is 21.8 Å². The van der Waals surface area contributed by atoms with Gasteiger partial charge in [0.05, 0.1) is 13.3 Å². The fourth-order valence-corrected chi connectivity index (χ4v) is 2.12. The third-order valence-corrected chi connectivity index (χ3v) is 3.13. The van der Waals surface area contributed by atoms with Crippen LogP contribution in [0.25, 0.3) is 0 Å². The molecule has 0 saturated carbocycles. The van der Waals surface area contributed by atoms with E-state index >= 15 is 0 Å². The molecule has 1 atom stereocenters. The average Bonchev–Trinajstić information content (AvgIpc) is 2.77. The van der Waals surface area contributed by atoms with E-state index in [1.165, 1.54) is 0 Å². The molecule has 1 fully saturated rings. The zero-order chi connectivity index (χ0) is 13.0.